The van der Waals surface area contributed by atoms with Crippen molar-refractivity contribution in [3.63, 3.8) is 0 Å². The number of ether oxygens (including phenoxy) is 3. The molecule has 38 heavy (non-hydrogen) atoms. The van der Waals surface area contributed by atoms with Crippen LogP contribution in [0.1, 0.15) is 80.7 Å². The third-order valence-electron chi connectivity index (χ3n) is 6.18. The number of amides is 3. The minimum absolute atomic E-state index is 0.0132. The molecular weight excluding hydrogens is 486 g/mol. The van der Waals surface area contributed by atoms with Crippen LogP contribution in [0, 0.1) is 11.8 Å². The van der Waals surface area contributed by atoms with Crippen molar-refractivity contribution in [2.45, 2.75) is 111 Å². The first-order chi connectivity index (χ1) is 17.5. The highest BCUT2D eigenvalue weighted by atomic mass is 16.6. The first-order valence-corrected chi connectivity index (χ1v) is 13.5. The second kappa shape index (κ2) is 12.9. The molecule has 3 amide bonds. The summed E-state index contributed by atoms with van der Waals surface area (Å²) >= 11 is 0. The lowest BCUT2D eigenvalue weighted by Crippen LogP contribution is -2.53. The number of carbonyl (C=O) groups excluding carboxylic acids is 3. The number of nitrogens with two attached hydrogens (primary N) is 1. The van der Waals surface area contributed by atoms with E-state index in [0.29, 0.717) is 12.8 Å². The van der Waals surface area contributed by atoms with Crippen molar-refractivity contribution in [1.82, 2.24) is 9.80 Å². The predicted molar refractivity (Wildman–Crippen MR) is 146 cm³/mol. The number of nitrogens with zero attached hydrogens (tertiary/aromatic N) is 2. The minimum Gasteiger partial charge on any atom is -0.444 e. The molecule has 9 nitrogen and oxygen atoms in total. The molecule has 1 aliphatic rings. The second-order valence-corrected chi connectivity index (χ2v) is 12.4. The van der Waals surface area contributed by atoms with Crippen LogP contribution in [0.15, 0.2) is 30.3 Å². The van der Waals surface area contributed by atoms with E-state index in [1.807, 2.05) is 78.8 Å². The summed E-state index contributed by atoms with van der Waals surface area (Å²) in [4.78, 5) is 42.7. The molecule has 1 saturated heterocycles. The fourth-order valence-electron chi connectivity index (χ4n) is 4.68. The molecule has 1 fully saturated rings. The number of hydrogen-bond donors (Lipinski definition) is 1. The van der Waals surface area contributed by atoms with Crippen molar-refractivity contribution in [3.8, 4) is 0 Å². The SMILES string of the molecule is CC(C)CC1C(CN(C(=O)OCc2ccccc2)C(=O)[C@@H](N)CC(C)C)OC(C)(C)N1C(=O)OC(C)(C)C. The van der Waals surface area contributed by atoms with E-state index in [0.717, 1.165) is 10.5 Å². The maximum Gasteiger partial charge on any atom is 0.416 e. The van der Waals surface area contributed by atoms with Gasteiger partial charge in [-0.15, -0.1) is 0 Å². The zero-order valence-electron chi connectivity index (χ0n) is 24.5. The zero-order chi connectivity index (χ0) is 28.8. The molecule has 2 unspecified atom stereocenters. The highest BCUT2D eigenvalue weighted by molar-refractivity contribution is 5.95. The molecule has 9 heteroatoms. The smallest absolute Gasteiger partial charge is 0.416 e. The molecule has 2 N–H and O–H groups in total. The van der Waals surface area contributed by atoms with Crippen LogP contribution in [0.5, 0.6) is 0 Å². The van der Waals surface area contributed by atoms with Crippen molar-refractivity contribution in [3.05, 3.63) is 35.9 Å². The molecule has 0 aromatic heterocycles. The van der Waals surface area contributed by atoms with E-state index in [9.17, 15) is 14.4 Å². The van der Waals surface area contributed by atoms with Crippen LogP contribution in [0.4, 0.5) is 9.59 Å². The van der Waals surface area contributed by atoms with Crippen LogP contribution in [0.2, 0.25) is 0 Å². The molecule has 0 bridgehead atoms. The normalized spacial score (nSPS) is 19.9. The molecule has 214 valence electrons. The van der Waals surface area contributed by atoms with Gasteiger partial charge in [0.1, 0.15) is 17.9 Å². The standard InChI is InChI=1S/C29H47N3O6/c1-19(2)15-22(30)25(33)31(26(34)36-18-21-13-11-10-12-14-21)17-24-23(16-20(3)4)32(29(8,9)37-24)27(35)38-28(5,6)7/h10-14,19-20,22-24H,15-18,30H2,1-9H3/t22-,23?,24?/m0/s1. The summed E-state index contributed by atoms with van der Waals surface area (Å²) in [6, 6.07) is 7.93. The molecule has 1 aromatic carbocycles. The van der Waals surface area contributed by atoms with E-state index >= 15 is 0 Å². The Hall–Kier alpha value is -2.65. The van der Waals surface area contributed by atoms with Crippen LogP contribution >= 0.6 is 0 Å². The fourth-order valence-corrected chi connectivity index (χ4v) is 4.68. The van der Waals surface area contributed by atoms with E-state index < -0.39 is 47.6 Å². The van der Waals surface area contributed by atoms with E-state index in [4.69, 9.17) is 19.9 Å². The van der Waals surface area contributed by atoms with E-state index in [2.05, 4.69) is 0 Å². The molecule has 1 aliphatic heterocycles. The van der Waals surface area contributed by atoms with Gasteiger partial charge in [0.05, 0.1) is 24.7 Å². The molecule has 0 spiro atoms. The van der Waals surface area contributed by atoms with Gasteiger partial charge in [0.15, 0.2) is 0 Å². The second-order valence-electron chi connectivity index (χ2n) is 12.4. The Balaban J connectivity index is 2.36. The van der Waals surface area contributed by atoms with Crippen molar-refractivity contribution in [2.24, 2.45) is 17.6 Å². The third-order valence-corrected chi connectivity index (χ3v) is 6.18. The Labute approximate surface area is 228 Å². The Morgan fingerprint density at radius 1 is 1.08 bits per heavy atom. The Morgan fingerprint density at radius 3 is 2.21 bits per heavy atom. The van der Waals surface area contributed by atoms with E-state index in [1.54, 1.807) is 18.7 Å². The summed E-state index contributed by atoms with van der Waals surface area (Å²) in [5, 5.41) is 0. The van der Waals surface area contributed by atoms with Gasteiger partial charge in [0.25, 0.3) is 0 Å². The van der Waals surface area contributed by atoms with Gasteiger partial charge >= 0.3 is 12.2 Å². The first-order valence-electron chi connectivity index (χ1n) is 13.5. The van der Waals surface area contributed by atoms with Gasteiger partial charge < -0.3 is 19.9 Å². The summed E-state index contributed by atoms with van der Waals surface area (Å²) in [6.45, 7) is 16.9. The lowest BCUT2D eigenvalue weighted by atomic mass is 9.97. The van der Waals surface area contributed by atoms with E-state index in [-0.39, 0.29) is 25.0 Å². The lowest BCUT2D eigenvalue weighted by Gasteiger charge is -2.36. The lowest BCUT2D eigenvalue weighted by molar-refractivity contribution is -0.134. The Bertz CT molecular complexity index is 941. The first kappa shape index (κ1) is 31.6. The molecule has 3 atom stereocenters. The molecule has 1 aromatic rings. The third kappa shape index (κ3) is 8.98. The summed E-state index contributed by atoms with van der Waals surface area (Å²) in [7, 11) is 0. The number of imide groups is 1. The van der Waals surface area contributed by atoms with Gasteiger partial charge in [-0.1, -0.05) is 58.0 Å². The average Bonchev–Trinajstić information content (AvgIpc) is 3.02. The van der Waals surface area contributed by atoms with Crippen LogP contribution in [0.25, 0.3) is 0 Å². The maximum atomic E-state index is 13.5. The molecule has 2 rings (SSSR count). The molecule has 1 heterocycles. The van der Waals surface area contributed by atoms with Gasteiger partial charge in [0.2, 0.25) is 5.91 Å². The quantitative estimate of drug-likeness (QED) is 0.458. The number of benzene rings is 1. The largest absolute Gasteiger partial charge is 0.444 e. The highest BCUT2D eigenvalue weighted by Gasteiger charge is 2.52. The maximum absolute atomic E-state index is 13.5. The van der Waals surface area contributed by atoms with Crippen LogP contribution in [-0.4, -0.2) is 64.0 Å². The molecule has 0 aliphatic carbocycles. The Kier molecular flexibility index (Phi) is 10.7. The predicted octanol–water partition coefficient (Wildman–Crippen LogP) is 5.31. The molecular formula is C29H47N3O6. The summed E-state index contributed by atoms with van der Waals surface area (Å²) in [5.41, 5.74) is 5.31. The van der Waals surface area contributed by atoms with Gasteiger partial charge in [-0.25, -0.2) is 14.5 Å². The van der Waals surface area contributed by atoms with Crippen LogP contribution in [-0.2, 0) is 25.6 Å². The van der Waals surface area contributed by atoms with Crippen molar-refractivity contribution < 1.29 is 28.6 Å². The van der Waals surface area contributed by atoms with Crippen molar-refractivity contribution in [2.75, 3.05) is 6.54 Å². The van der Waals surface area contributed by atoms with Crippen molar-refractivity contribution in [1.29, 1.82) is 0 Å². The summed E-state index contributed by atoms with van der Waals surface area (Å²) < 4.78 is 17.6. The summed E-state index contributed by atoms with van der Waals surface area (Å²) in [6.07, 6.45) is -0.945. The van der Waals surface area contributed by atoms with Crippen molar-refractivity contribution >= 4 is 18.1 Å². The monoisotopic (exact) mass is 533 g/mol. The van der Waals surface area contributed by atoms with Gasteiger partial charge in [0, 0.05) is 0 Å². The fraction of sp³-hybridized carbons (Fsp3) is 0.690. The average molecular weight is 534 g/mol. The minimum atomic E-state index is -1.02. The van der Waals surface area contributed by atoms with Crippen LogP contribution < -0.4 is 5.73 Å². The van der Waals surface area contributed by atoms with Crippen LogP contribution in [0.3, 0.4) is 0 Å². The number of hydrogen-bond acceptors (Lipinski definition) is 7. The zero-order valence-corrected chi connectivity index (χ0v) is 24.5. The topological polar surface area (TPSA) is 111 Å². The highest BCUT2D eigenvalue weighted by Crippen LogP contribution is 2.37. The van der Waals surface area contributed by atoms with E-state index in [1.165, 1.54) is 0 Å². The number of rotatable bonds is 9. The van der Waals surface area contributed by atoms with Gasteiger partial charge in [-0.2, -0.15) is 0 Å². The Morgan fingerprint density at radius 2 is 1.68 bits per heavy atom. The number of carbonyl (C=O) groups is 3. The van der Waals surface area contributed by atoms with Gasteiger partial charge in [-0.05, 0) is 64.9 Å². The van der Waals surface area contributed by atoms with Gasteiger partial charge in [-0.3, -0.25) is 9.69 Å². The molecule has 0 radical (unpaired) electrons. The summed E-state index contributed by atoms with van der Waals surface area (Å²) in [5.74, 6) is -0.159. The molecule has 0 saturated carbocycles.